The Morgan fingerprint density at radius 2 is 2.05 bits per heavy atom. The van der Waals surface area contributed by atoms with Crippen molar-refractivity contribution >= 4 is 5.91 Å². The van der Waals surface area contributed by atoms with Gasteiger partial charge in [0.25, 0.3) is 0 Å². The van der Waals surface area contributed by atoms with Crippen molar-refractivity contribution in [2.24, 2.45) is 5.92 Å². The number of hydrogen-bond acceptors (Lipinski definition) is 3. The summed E-state index contributed by atoms with van der Waals surface area (Å²) in [4.78, 5) is 11.8. The molecule has 0 aliphatic rings. The fraction of sp³-hybridized carbons (Fsp3) is 0.400. The summed E-state index contributed by atoms with van der Waals surface area (Å²) in [7, 11) is 3.20. The van der Waals surface area contributed by atoms with Gasteiger partial charge in [0, 0.05) is 12.5 Å². The lowest BCUT2D eigenvalue weighted by Crippen LogP contribution is -2.30. The Bertz CT molecular complexity index is 443. The van der Waals surface area contributed by atoms with E-state index in [1.54, 1.807) is 20.3 Å². The van der Waals surface area contributed by atoms with Crippen molar-refractivity contribution < 1.29 is 14.3 Å². The van der Waals surface area contributed by atoms with Crippen LogP contribution in [0.1, 0.15) is 12.5 Å². The van der Waals surface area contributed by atoms with E-state index in [1.165, 1.54) is 0 Å². The molecule has 1 atom stereocenters. The van der Waals surface area contributed by atoms with Crippen LogP contribution in [0.3, 0.4) is 0 Å². The lowest BCUT2D eigenvalue weighted by molar-refractivity contribution is -0.124. The minimum absolute atomic E-state index is 0.0229. The molecule has 1 aromatic carbocycles. The van der Waals surface area contributed by atoms with Crippen molar-refractivity contribution in [1.29, 1.82) is 0 Å². The average molecular weight is 263 g/mol. The van der Waals surface area contributed by atoms with Gasteiger partial charge in [-0.25, -0.2) is 0 Å². The van der Waals surface area contributed by atoms with Crippen LogP contribution < -0.4 is 14.8 Å². The van der Waals surface area contributed by atoms with Gasteiger partial charge in [-0.15, -0.1) is 6.58 Å². The van der Waals surface area contributed by atoms with Crippen LogP contribution >= 0.6 is 0 Å². The van der Waals surface area contributed by atoms with Crippen LogP contribution in [0, 0.1) is 5.92 Å². The highest BCUT2D eigenvalue weighted by Gasteiger charge is 2.14. The summed E-state index contributed by atoms with van der Waals surface area (Å²) < 4.78 is 10.4. The summed E-state index contributed by atoms with van der Waals surface area (Å²) in [5, 5.41) is 2.79. The normalized spacial score (nSPS) is 11.5. The zero-order valence-corrected chi connectivity index (χ0v) is 11.7. The Balaban J connectivity index is 2.71. The first-order valence-corrected chi connectivity index (χ1v) is 6.21. The van der Waals surface area contributed by atoms with E-state index >= 15 is 0 Å². The Labute approximate surface area is 114 Å². The maximum absolute atomic E-state index is 11.8. The summed E-state index contributed by atoms with van der Waals surface area (Å²) in [5.41, 5.74) is 1.04. The first-order chi connectivity index (χ1) is 9.12. The van der Waals surface area contributed by atoms with Crippen molar-refractivity contribution in [2.45, 2.75) is 13.3 Å². The summed E-state index contributed by atoms with van der Waals surface area (Å²) >= 11 is 0. The third kappa shape index (κ3) is 4.32. The number of methoxy groups -OCH3 is 2. The third-order valence-corrected chi connectivity index (χ3v) is 2.86. The second kappa shape index (κ2) is 7.46. The fourth-order valence-electron chi connectivity index (χ4n) is 1.80. The first kappa shape index (κ1) is 15.1. The van der Waals surface area contributed by atoms with Gasteiger partial charge >= 0.3 is 0 Å². The van der Waals surface area contributed by atoms with Crippen LogP contribution in [-0.2, 0) is 11.2 Å². The second-order valence-electron chi connectivity index (χ2n) is 4.33. The minimum atomic E-state index is -0.0990. The van der Waals surface area contributed by atoms with E-state index < -0.39 is 0 Å². The standard InChI is InChI=1S/C15H21NO3/c1-5-8-16-15(17)11(2)9-12-6-7-13(18-3)14(10-12)19-4/h5-7,10-11H,1,8-9H2,2-4H3,(H,16,17). The number of ether oxygens (including phenoxy) is 2. The van der Waals surface area contributed by atoms with Crippen LogP contribution in [-0.4, -0.2) is 26.7 Å². The molecule has 19 heavy (non-hydrogen) atoms. The maximum Gasteiger partial charge on any atom is 0.223 e. The SMILES string of the molecule is C=CCNC(=O)C(C)Cc1ccc(OC)c(OC)c1. The summed E-state index contributed by atoms with van der Waals surface area (Å²) in [6.45, 7) is 5.97. The number of nitrogens with one attached hydrogen (secondary N) is 1. The Kier molecular flexibility index (Phi) is 5.93. The van der Waals surface area contributed by atoms with Gasteiger partial charge in [-0.2, -0.15) is 0 Å². The Morgan fingerprint density at radius 3 is 2.63 bits per heavy atom. The van der Waals surface area contributed by atoms with E-state index in [-0.39, 0.29) is 11.8 Å². The molecule has 1 N–H and O–H groups in total. The van der Waals surface area contributed by atoms with E-state index in [0.717, 1.165) is 5.56 Å². The van der Waals surface area contributed by atoms with Crippen molar-refractivity contribution in [2.75, 3.05) is 20.8 Å². The topological polar surface area (TPSA) is 47.6 Å². The highest BCUT2D eigenvalue weighted by atomic mass is 16.5. The molecule has 0 aliphatic carbocycles. The molecule has 104 valence electrons. The van der Waals surface area contributed by atoms with Gasteiger partial charge in [-0.3, -0.25) is 4.79 Å². The third-order valence-electron chi connectivity index (χ3n) is 2.86. The van der Waals surface area contributed by atoms with Gasteiger partial charge in [0.15, 0.2) is 11.5 Å². The molecule has 0 fully saturated rings. The van der Waals surface area contributed by atoms with Gasteiger partial charge < -0.3 is 14.8 Å². The maximum atomic E-state index is 11.8. The number of amides is 1. The van der Waals surface area contributed by atoms with E-state index in [2.05, 4.69) is 11.9 Å². The lowest BCUT2D eigenvalue weighted by Gasteiger charge is -2.13. The molecule has 4 nitrogen and oxygen atoms in total. The zero-order valence-electron chi connectivity index (χ0n) is 11.7. The molecule has 0 saturated carbocycles. The summed E-state index contributed by atoms with van der Waals surface area (Å²) in [6.07, 6.45) is 2.32. The molecule has 1 unspecified atom stereocenters. The molecular formula is C15H21NO3. The Morgan fingerprint density at radius 1 is 1.37 bits per heavy atom. The highest BCUT2D eigenvalue weighted by Crippen LogP contribution is 2.28. The van der Waals surface area contributed by atoms with Crippen LogP contribution in [0.4, 0.5) is 0 Å². The van der Waals surface area contributed by atoms with Crippen molar-refractivity contribution in [3.8, 4) is 11.5 Å². The van der Waals surface area contributed by atoms with Gasteiger partial charge in [-0.05, 0) is 24.1 Å². The predicted molar refractivity (Wildman–Crippen MR) is 75.6 cm³/mol. The highest BCUT2D eigenvalue weighted by molar-refractivity contribution is 5.78. The first-order valence-electron chi connectivity index (χ1n) is 6.21. The zero-order chi connectivity index (χ0) is 14.3. The van der Waals surface area contributed by atoms with Crippen molar-refractivity contribution in [3.63, 3.8) is 0 Å². The van der Waals surface area contributed by atoms with Crippen LogP contribution in [0.2, 0.25) is 0 Å². The quantitative estimate of drug-likeness (QED) is 0.767. The molecule has 0 heterocycles. The number of carbonyl (C=O) groups excluding carboxylic acids is 1. The molecular weight excluding hydrogens is 242 g/mol. The number of carbonyl (C=O) groups is 1. The smallest absolute Gasteiger partial charge is 0.223 e. The van der Waals surface area contributed by atoms with Gasteiger partial charge in [0.2, 0.25) is 5.91 Å². The van der Waals surface area contributed by atoms with Crippen LogP contribution in [0.25, 0.3) is 0 Å². The Hall–Kier alpha value is -1.97. The lowest BCUT2D eigenvalue weighted by atomic mass is 10.00. The van der Waals surface area contributed by atoms with E-state index in [0.29, 0.717) is 24.5 Å². The fourth-order valence-corrected chi connectivity index (χ4v) is 1.80. The number of hydrogen-bond donors (Lipinski definition) is 1. The molecule has 1 amide bonds. The molecule has 0 spiro atoms. The molecule has 4 heteroatoms. The van der Waals surface area contributed by atoms with Gasteiger partial charge in [-0.1, -0.05) is 19.1 Å². The second-order valence-corrected chi connectivity index (χ2v) is 4.33. The summed E-state index contributed by atoms with van der Waals surface area (Å²) in [6, 6.07) is 5.69. The molecule has 0 aliphatic heterocycles. The predicted octanol–water partition coefficient (Wildman–Crippen LogP) is 2.18. The number of rotatable bonds is 7. The molecule has 1 rings (SSSR count). The molecule has 0 bridgehead atoms. The average Bonchev–Trinajstić information content (AvgIpc) is 2.44. The van der Waals surface area contributed by atoms with Gasteiger partial charge in [0.05, 0.1) is 14.2 Å². The van der Waals surface area contributed by atoms with Crippen molar-refractivity contribution in [1.82, 2.24) is 5.32 Å². The van der Waals surface area contributed by atoms with Crippen molar-refractivity contribution in [3.05, 3.63) is 36.4 Å². The van der Waals surface area contributed by atoms with E-state index in [9.17, 15) is 4.79 Å². The molecule has 0 saturated heterocycles. The summed E-state index contributed by atoms with van der Waals surface area (Å²) in [5.74, 6) is 1.29. The van der Waals surface area contributed by atoms with Crippen LogP contribution in [0.5, 0.6) is 11.5 Å². The molecule has 0 aromatic heterocycles. The van der Waals surface area contributed by atoms with Gasteiger partial charge in [0.1, 0.15) is 0 Å². The molecule has 1 aromatic rings. The molecule has 0 radical (unpaired) electrons. The monoisotopic (exact) mass is 263 g/mol. The van der Waals surface area contributed by atoms with E-state index in [1.807, 2.05) is 25.1 Å². The minimum Gasteiger partial charge on any atom is -0.493 e. The largest absolute Gasteiger partial charge is 0.493 e. The number of benzene rings is 1. The van der Waals surface area contributed by atoms with E-state index in [4.69, 9.17) is 9.47 Å². The van der Waals surface area contributed by atoms with Crippen LogP contribution in [0.15, 0.2) is 30.9 Å².